The van der Waals surface area contributed by atoms with Crippen molar-refractivity contribution in [2.24, 2.45) is 0 Å². The Kier molecular flexibility index (Phi) is 3.27. The average molecular weight is 280 g/mol. The number of para-hydroxylation sites is 1. The molecule has 104 valence electrons. The molecule has 2 aliphatic rings. The van der Waals surface area contributed by atoms with Crippen molar-refractivity contribution in [3.05, 3.63) is 29.8 Å². The lowest BCUT2D eigenvalue weighted by Gasteiger charge is -2.28. The minimum atomic E-state index is -2.82. The molecule has 0 aromatic heterocycles. The highest BCUT2D eigenvalue weighted by Crippen LogP contribution is 2.34. The van der Waals surface area contributed by atoms with Crippen molar-refractivity contribution in [3.8, 4) is 0 Å². The van der Waals surface area contributed by atoms with Crippen LogP contribution in [0.1, 0.15) is 24.8 Å². The monoisotopic (exact) mass is 280 g/mol. The normalized spacial score (nSPS) is 25.8. The fourth-order valence-electron chi connectivity index (χ4n) is 2.87. The van der Waals surface area contributed by atoms with Crippen LogP contribution < -0.4 is 5.73 Å². The van der Waals surface area contributed by atoms with Crippen LogP contribution in [0.4, 0.5) is 5.69 Å². The summed E-state index contributed by atoms with van der Waals surface area (Å²) in [5.41, 5.74) is 7.91. The standard InChI is InChI=1S/C14H20N2O2S/c15-14-4-2-1-3-11(14)9-16(12-5-6-12)13-7-8-19(17,18)10-13/h1-4,12-13H,5-10,15H2. The molecule has 3 rings (SSSR count). The maximum absolute atomic E-state index is 11.7. The summed E-state index contributed by atoms with van der Waals surface area (Å²) >= 11 is 0. The number of nitrogens with two attached hydrogens (primary N) is 1. The zero-order valence-corrected chi connectivity index (χ0v) is 11.8. The predicted octanol–water partition coefficient (Wildman–Crippen LogP) is 1.42. The van der Waals surface area contributed by atoms with Crippen molar-refractivity contribution in [1.29, 1.82) is 0 Å². The van der Waals surface area contributed by atoms with Crippen LogP contribution in [0.2, 0.25) is 0 Å². The first-order chi connectivity index (χ1) is 9.05. The van der Waals surface area contributed by atoms with Gasteiger partial charge in [-0.05, 0) is 30.9 Å². The Labute approximate surface area is 114 Å². The second kappa shape index (κ2) is 4.80. The Morgan fingerprint density at radius 3 is 2.47 bits per heavy atom. The summed E-state index contributed by atoms with van der Waals surface area (Å²) in [5.74, 6) is 0.654. The second-order valence-corrected chi connectivity index (χ2v) is 7.89. The van der Waals surface area contributed by atoms with Gasteiger partial charge in [0.15, 0.2) is 9.84 Å². The molecule has 5 heteroatoms. The zero-order valence-electron chi connectivity index (χ0n) is 11.0. The fraction of sp³-hybridized carbons (Fsp3) is 0.571. The van der Waals surface area contributed by atoms with E-state index in [1.807, 2.05) is 24.3 Å². The van der Waals surface area contributed by atoms with E-state index in [-0.39, 0.29) is 6.04 Å². The average Bonchev–Trinajstić information content (AvgIpc) is 3.13. The van der Waals surface area contributed by atoms with E-state index < -0.39 is 9.84 Å². The van der Waals surface area contributed by atoms with Gasteiger partial charge in [-0.25, -0.2) is 8.42 Å². The van der Waals surface area contributed by atoms with E-state index >= 15 is 0 Å². The molecule has 1 aromatic carbocycles. The lowest BCUT2D eigenvalue weighted by atomic mass is 10.1. The smallest absolute Gasteiger partial charge is 0.151 e. The van der Waals surface area contributed by atoms with Gasteiger partial charge in [0.05, 0.1) is 11.5 Å². The Morgan fingerprint density at radius 2 is 1.89 bits per heavy atom. The summed E-state index contributed by atoms with van der Waals surface area (Å²) in [4.78, 5) is 2.36. The van der Waals surface area contributed by atoms with Gasteiger partial charge < -0.3 is 5.73 Å². The van der Waals surface area contributed by atoms with Crippen molar-refractivity contribution < 1.29 is 8.42 Å². The van der Waals surface area contributed by atoms with Crippen LogP contribution in [0, 0.1) is 0 Å². The number of hydrogen-bond donors (Lipinski definition) is 1. The molecule has 0 spiro atoms. The van der Waals surface area contributed by atoms with Gasteiger partial charge in [0.2, 0.25) is 0 Å². The third-order valence-electron chi connectivity index (χ3n) is 4.10. The number of sulfone groups is 1. The first-order valence-electron chi connectivity index (χ1n) is 6.85. The predicted molar refractivity (Wildman–Crippen MR) is 76.5 cm³/mol. The molecule has 0 bridgehead atoms. The zero-order chi connectivity index (χ0) is 13.5. The SMILES string of the molecule is Nc1ccccc1CN(C1CC1)C1CCS(=O)(=O)C1. The van der Waals surface area contributed by atoms with Crippen LogP contribution in [-0.4, -0.2) is 36.9 Å². The molecule has 1 aliphatic heterocycles. The molecular formula is C14H20N2O2S. The number of benzene rings is 1. The van der Waals surface area contributed by atoms with Gasteiger partial charge in [-0.2, -0.15) is 0 Å². The van der Waals surface area contributed by atoms with E-state index in [0.717, 1.165) is 24.2 Å². The Hall–Kier alpha value is -1.07. The maximum Gasteiger partial charge on any atom is 0.151 e. The van der Waals surface area contributed by atoms with E-state index in [1.165, 1.54) is 12.8 Å². The van der Waals surface area contributed by atoms with Gasteiger partial charge in [0.1, 0.15) is 0 Å². The molecule has 2 fully saturated rings. The number of nitrogen functional groups attached to an aromatic ring is 1. The fourth-order valence-corrected chi connectivity index (χ4v) is 4.62. The molecule has 2 N–H and O–H groups in total. The van der Waals surface area contributed by atoms with Crippen molar-refractivity contribution in [2.75, 3.05) is 17.2 Å². The van der Waals surface area contributed by atoms with E-state index in [1.54, 1.807) is 0 Å². The lowest BCUT2D eigenvalue weighted by Crippen LogP contribution is -2.37. The van der Waals surface area contributed by atoms with Gasteiger partial charge in [-0.1, -0.05) is 18.2 Å². The number of hydrogen-bond acceptors (Lipinski definition) is 4. The first-order valence-corrected chi connectivity index (χ1v) is 8.67. The van der Waals surface area contributed by atoms with Crippen LogP contribution in [0.3, 0.4) is 0 Å². The lowest BCUT2D eigenvalue weighted by molar-refractivity contribution is 0.193. The third kappa shape index (κ3) is 2.92. The largest absolute Gasteiger partial charge is 0.398 e. The molecule has 1 saturated heterocycles. The number of nitrogens with zero attached hydrogens (tertiary/aromatic N) is 1. The molecular weight excluding hydrogens is 260 g/mol. The molecule has 1 saturated carbocycles. The van der Waals surface area contributed by atoms with E-state index in [4.69, 9.17) is 5.73 Å². The minimum Gasteiger partial charge on any atom is -0.398 e. The summed E-state index contributed by atoms with van der Waals surface area (Å²) in [5, 5.41) is 0. The topological polar surface area (TPSA) is 63.4 Å². The van der Waals surface area contributed by atoms with E-state index in [0.29, 0.717) is 17.5 Å². The van der Waals surface area contributed by atoms with E-state index in [2.05, 4.69) is 4.90 Å². The van der Waals surface area contributed by atoms with Crippen LogP contribution in [0.15, 0.2) is 24.3 Å². The summed E-state index contributed by atoms with van der Waals surface area (Å²) < 4.78 is 23.3. The summed E-state index contributed by atoms with van der Waals surface area (Å²) in [7, 11) is -2.82. The van der Waals surface area contributed by atoms with Gasteiger partial charge in [-0.3, -0.25) is 4.90 Å². The van der Waals surface area contributed by atoms with Crippen LogP contribution >= 0.6 is 0 Å². The summed E-state index contributed by atoms with van der Waals surface area (Å²) in [6, 6.07) is 8.60. The van der Waals surface area contributed by atoms with Crippen LogP contribution in [0.25, 0.3) is 0 Å². The van der Waals surface area contributed by atoms with Crippen molar-refractivity contribution in [1.82, 2.24) is 4.90 Å². The van der Waals surface area contributed by atoms with Crippen molar-refractivity contribution in [2.45, 2.75) is 37.9 Å². The molecule has 1 atom stereocenters. The molecule has 0 amide bonds. The molecule has 0 radical (unpaired) electrons. The molecule has 1 aliphatic carbocycles. The maximum atomic E-state index is 11.7. The van der Waals surface area contributed by atoms with Gasteiger partial charge in [0, 0.05) is 24.3 Å². The molecule has 19 heavy (non-hydrogen) atoms. The quantitative estimate of drug-likeness (QED) is 0.847. The molecule has 1 aromatic rings. The number of rotatable bonds is 4. The van der Waals surface area contributed by atoms with Crippen molar-refractivity contribution >= 4 is 15.5 Å². The molecule has 4 nitrogen and oxygen atoms in total. The molecule has 1 unspecified atom stereocenters. The Morgan fingerprint density at radius 1 is 1.16 bits per heavy atom. The van der Waals surface area contributed by atoms with Crippen molar-refractivity contribution in [3.63, 3.8) is 0 Å². The number of anilines is 1. The minimum absolute atomic E-state index is 0.178. The summed E-state index contributed by atoms with van der Waals surface area (Å²) in [6.07, 6.45) is 3.14. The third-order valence-corrected chi connectivity index (χ3v) is 5.85. The van der Waals surface area contributed by atoms with Gasteiger partial charge in [0.25, 0.3) is 0 Å². The first kappa shape index (κ1) is 12.9. The molecule has 1 heterocycles. The highest BCUT2D eigenvalue weighted by Gasteiger charge is 2.39. The van der Waals surface area contributed by atoms with Crippen LogP contribution in [0.5, 0.6) is 0 Å². The second-order valence-electron chi connectivity index (χ2n) is 5.66. The van der Waals surface area contributed by atoms with Gasteiger partial charge in [-0.15, -0.1) is 0 Å². The summed E-state index contributed by atoms with van der Waals surface area (Å²) in [6.45, 7) is 0.775. The van der Waals surface area contributed by atoms with E-state index in [9.17, 15) is 8.42 Å². The van der Waals surface area contributed by atoms with Gasteiger partial charge >= 0.3 is 0 Å². The van der Waals surface area contributed by atoms with Crippen LogP contribution in [-0.2, 0) is 16.4 Å². The Balaban J connectivity index is 1.77. The Bertz CT molecular complexity index is 567. The highest BCUT2D eigenvalue weighted by atomic mass is 32.2. The highest BCUT2D eigenvalue weighted by molar-refractivity contribution is 7.91.